The lowest BCUT2D eigenvalue weighted by atomic mass is 9.95. The van der Waals surface area contributed by atoms with Crippen molar-refractivity contribution in [1.82, 2.24) is 0 Å². The largest absolute Gasteiger partial charge is 0.493 e. The number of hydrogen-bond acceptors (Lipinski definition) is 5. The van der Waals surface area contributed by atoms with Crippen LogP contribution in [0.15, 0.2) is 60.7 Å². The predicted molar refractivity (Wildman–Crippen MR) is 156 cm³/mol. The second-order valence-electron chi connectivity index (χ2n) is 10.8. The van der Waals surface area contributed by atoms with Crippen molar-refractivity contribution in [3.05, 3.63) is 82.9 Å². The molecular weight excluding hydrogens is 508 g/mol. The highest BCUT2D eigenvalue weighted by atomic mass is 32.2. The van der Waals surface area contributed by atoms with E-state index in [1.807, 2.05) is 31.2 Å². The fourth-order valence-corrected chi connectivity index (χ4v) is 6.91. The van der Waals surface area contributed by atoms with Crippen LogP contribution in [0, 0.1) is 5.92 Å². The minimum absolute atomic E-state index is 0.0983. The van der Waals surface area contributed by atoms with E-state index in [0.29, 0.717) is 25.6 Å². The Hall–Kier alpha value is -3.12. The molecule has 3 aromatic rings. The minimum Gasteiger partial charge on any atom is -0.493 e. The van der Waals surface area contributed by atoms with Crippen molar-refractivity contribution >= 4 is 16.8 Å². The van der Waals surface area contributed by atoms with Crippen molar-refractivity contribution in [3.63, 3.8) is 0 Å². The van der Waals surface area contributed by atoms with Crippen LogP contribution in [0.4, 0.5) is 0 Å². The van der Waals surface area contributed by atoms with E-state index in [1.165, 1.54) is 29.4 Å². The average Bonchev–Trinajstić information content (AvgIpc) is 3.14. The molecule has 1 unspecified atom stereocenters. The molecule has 1 heterocycles. The van der Waals surface area contributed by atoms with Crippen LogP contribution in [-0.2, 0) is 39.8 Å². The third-order valence-electron chi connectivity index (χ3n) is 7.98. The Balaban J connectivity index is 1.24. The number of ether oxygens (including phenoxy) is 3. The molecule has 1 saturated heterocycles. The molecule has 1 fully saturated rings. The van der Waals surface area contributed by atoms with Gasteiger partial charge in [-0.05, 0) is 108 Å². The van der Waals surface area contributed by atoms with Crippen molar-refractivity contribution in [1.29, 1.82) is 0 Å². The average molecular weight is 547 g/mol. The summed E-state index contributed by atoms with van der Waals surface area (Å²) in [5, 5.41) is 0. The first-order chi connectivity index (χ1) is 19.0. The van der Waals surface area contributed by atoms with E-state index in [2.05, 4.69) is 36.4 Å². The van der Waals surface area contributed by atoms with Gasteiger partial charge in [0.1, 0.15) is 18.1 Å². The van der Waals surface area contributed by atoms with E-state index in [0.717, 1.165) is 66.2 Å². The molecule has 206 valence electrons. The van der Waals surface area contributed by atoms with Crippen LogP contribution >= 0.6 is 0 Å². The Morgan fingerprint density at radius 2 is 1.64 bits per heavy atom. The maximum Gasteiger partial charge on any atom is 0.306 e. The van der Waals surface area contributed by atoms with Crippen molar-refractivity contribution < 1.29 is 23.2 Å². The predicted octanol–water partition coefficient (Wildman–Crippen LogP) is 6.63. The fraction of sp³-hybridized carbons (Fsp3) is 0.424. The molecule has 0 saturated carbocycles. The third-order valence-corrected chi connectivity index (χ3v) is 9.36. The Morgan fingerprint density at radius 3 is 2.41 bits per heavy atom. The van der Waals surface area contributed by atoms with Crippen LogP contribution in [-0.4, -0.2) is 35.4 Å². The molecule has 0 N–H and O–H groups in total. The van der Waals surface area contributed by atoms with Gasteiger partial charge in [0.25, 0.3) is 0 Å². The van der Waals surface area contributed by atoms with Crippen LogP contribution in [0.2, 0.25) is 0 Å². The Labute approximate surface area is 234 Å². The molecular formula is C33H38O5S. The standard InChI is InChI=1S/C33H38O5S/c1-23(18-33(34)36-2)26-8-10-29(11-9-26)37-22-25-6-7-27-4-3-5-28-20-30(12-13-31(28)32(27)19-25)38-21-24-14-16-39(35)17-15-24/h6-13,19-20,23-24H,3-5,14-18,21-22H2,1-2H3. The minimum atomic E-state index is -0.632. The van der Waals surface area contributed by atoms with Crippen LogP contribution in [0.5, 0.6) is 11.5 Å². The van der Waals surface area contributed by atoms with Gasteiger partial charge in [-0.1, -0.05) is 37.3 Å². The van der Waals surface area contributed by atoms with E-state index in [9.17, 15) is 9.00 Å². The molecule has 2 aliphatic rings. The van der Waals surface area contributed by atoms with Gasteiger partial charge in [-0.3, -0.25) is 9.00 Å². The number of esters is 1. The summed E-state index contributed by atoms with van der Waals surface area (Å²) in [6.45, 7) is 3.22. The summed E-state index contributed by atoms with van der Waals surface area (Å²) in [7, 11) is 0.788. The maximum absolute atomic E-state index is 11.6. The van der Waals surface area contributed by atoms with Crippen molar-refractivity contribution in [3.8, 4) is 22.6 Å². The zero-order valence-corrected chi connectivity index (χ0v) is 23.8. The van der Waals surface area contributed by atoms with Crippen LogP contribution in [0.3, 0.4) is 0 Å². The monoisotopic (exact) mass is 546 g/mol. The Bertz CT molecular complexity index is 1310. The smallest absolute Gasteiger partial charge is 0.306 e. The lowest BCUT2D eigenvalue weighted by molar-refractivity contribution is -0.140. The zero-order chi connectivity index (χ0) is 27.2. The molecule has 0 amide bonds. The Morgan fingerprint density at radius 1 is 0.897 bits per heavy atom. The molecule has 1 atom stereocenters. The summed E-state index contributed by atoms with van der Waals surface area (Å²) in [4.78, 5) is 11.6. The second-order valence-corrected chi connectivity index (χ2v) is 12.5. The quantitative estimate of drug-likeness (QED) is 0.282. The molecule has 0 spiro atoms. The number of hydrogen-bond donors (Lipinski definition) is 0. The molecule has 3 aromatic carbocycles. The summed E-state index contributed by atoms with van der Waals surface area (Å²) in [5.74, 6) is 3.77. The molecule has 0 radical (unpaired) electrons. The zero-order valence-electron chi connectivity index (χ0n) is 22.9. The van der Waals surface area contributed by atoms with Gasteiger partial charge in [0.05, 0.1) is 20.1 Å². The van der Waals surface area contributed by atoms with Crippen LogP contribution < -0.4 is 9.47 Å². The SMILES string of the molecule is COC(=O)CC(C)c1ccc(OCc2ccc3c(c2)-c2ccc(OCC4CCS(=O)CC4)cc2CCC3)cc1. The van der Waals surface area contributed by atoms with Gasteiger partial charge in [-0.25, -0.2) is 0 Å². The number of benzene rings is 3. The van der Waals surface area contributed by atoms with Gasteiger partial charge >= 0.3 is 5.97 Å². The maximum atomic E-state index is 11.6. The first-order valence-electron chi connectivity index (χ1n) is 14.0. The molecule has 1 aliphatic heterocycles. The number of fused-ring (bicyclic) bond motifs is 3. The summed E-state index contributed by atoms with van der Waals surface area (Å²) < 4.78 is 28.7. The van der Waals surface area contributed by atoms with Gasteiger partial charge in [0, 0.05) is 22.3 Å². The highest BCUT2D eigenvalue weighted by Crippen LogP contribution is 2.36. The van der Waals surface area contributed by atoms with Crippen LogP contribution in [0.1, 0.15) is 60.8 Å². The highest BCUT2D eigenvalue weighted by Gasteiger charge is 2.20. The number of methoxy groups -OCH3 is 1. The van der Waals surface area contributed by atoms with Gasteiger partial charge in [-0.2, -0.15) is 0 Å². The number of rotatable bonds is 9. The van der Waals surface area contributed by atoms with Crippen molar-refractivity contribution in [2.24, 2.45) is 5.92 Å². The summed E-state index contributed by atoms with van der Waals surface area (Å²) >= 11 is 0. The second kappa shape index (κ2) is 12.8. The van der Waals surface area contributed by atoms with Gasteiger partial charge < -0.3 is 14.2 Å². The molecule has 5 nitrogen and oxygen atoms in total. The molecule has 6 heteroatoms. The van der Waals surface area contributed by atoms with Gasteiger partial charge in [-0.15, -0.1) is 0 Å². The number of carbonyl (C=O) groups excluding carboxylic acids is 1. The third kappa shape index (κ3) is 7.10. The molecule has 0 bridgehead atoms. The van der Waals surface area contributed by atoms with E-state index < -0.39 is 10.8 Å². The van der Waals surface area contributed by atoms with Gasteiger partial charge in [0.2, 0.25) is 0 Å². The number of aryl methyl sites for hydroxylation is 2. The molecule has 39 heavy (non-hydrogen) atoms. The molecule has 5 rings (SSSR count). The first kappa shape index (κ1) is 27.4. The number of carbonyl (C=O) groups is 1. The molecule has 1 aliphatic carbocycles. The van der Waals surface area contributed by atoms with E-state index in [1.54, 1.807) is 0 Å². The fourth-order valence-electron chi connectivity index (χ4n) is 5.51. The van der Waals surface area contributed by atoms with E-state index in [4.69, 9.17) is 14.2 Å². The van der Waals surface area contributed by atoms with Crippen molar-refractivity contribution in [2.45, 2.75) is 58.0 Å². The van der Waals surface area contributed by atoms with E-state index in [-0.39, 0.29) is 11.9 Å². The topological polar surface area (TPSA) is 61.8 Å². The van der Waals surface area contributed by atoms with Crippen LogP contribution in [0.25, 0.3) is 11.1 Å². The highest BCUT2D eigenvalue weighted by molar-refractivity contribution is 7.85. The summed E-state index contributed by atoms with van der Waals surface area (Å²) in [6, 6.07) is 21.2. The lowest BCUT2D eigenvalue weighted by Gasteiger charge is -2.22. The van der Waals surface area contributed by atoms with Gasteiger partial charge in [0.15, 0.2) is 0 Å². The normalized spacial score (nSPS) is 19.2. The van der Waals surface area contributed by atoms with E-state index >= 15 is 0 Å². The van der Waals surface area contributed by atoms with Crippen molar-refractivity contribution in [2.75, 3.05) is 25.2 Å². The Kier molecular flexibility index (Phi) is 9.02. The molecule has 0 aromatic heterocycles. The summed E-state index contributed by atoms with van der Waals surface area (Å²) in [5.41, 5.74) is 7.52. The lowest BCUT2D eigenvalue weighted by Crippen LogP contribution is -2.23. The summed E-state index contributed by atoms with van der Waals surface area (Å²) in [6.07, 6.45) is 5.57. The first-order valence-corrected chi connectivity index (χ1v) is 15.5.